The standard InChI is InChI=1S/C12H24N2O/c13-10-4-5-11(7-10)14-8-9-2-1-3-12(15)6-9/h9-12,14-15H,1-8,13H2. The molecule has 2 saturated carbocycles. The van der Waals surface area contributed by atoms with Gasteiger partial charge in [0, 0.05) is 12.1 Å². The average molecular weight is 212 g/mol. The first kappa shape index (κ1) is 11.4. The van der Waals surface area contributed by atoms with Gasteiger partial charge in [-0.2, -0.15) is 0 Å². The molecule has 15 heavy (non-hydrogen) atoms. The van der Waals surface area contributed by atoms with Gasteiger partial charge in [-0.25, -0.2) is 0 Å². The molecule has 0 radical (unpaired) electrons. The second kappa shape index (κ2) is 5.28. The van der Waals surface area contributed by atoms with Gasteiger partial charge in [0.1, 0.15) is 0 Å². The van der Waals surface area contributed by atoms with Crippen LogP contribution in [0.4, 0.5) is 0 Å². The maximum absolute atomic E-state index is 9.57. The molecule has 4 N–H and O–H groups in total. The predicted molar refractivity (Wildman–Crippen MR) is 61.6 cm³/mol. The van der Waals surface area contributed by atoms with Crippen LogP contribution in [0.2, 0.25) is 0 Å². The SMILES string of the molecule is NC1CCC(NCC2CCCC(O)C2)C1. The van der Waals surface area contributed by atoms with Crippen LogP contribution in [0.15, 0.2) is 0 Å². The van der Waals surface area contributed by atoms with Crippen LogP contribution < -0.4 is 11.1 Å². The van der Waals surface area contributed by atoms with Crippen LogP contribution in [0, 0.1) is 5.92 Å². The highest BCUT2D eigenvalue weighted by molar-refractivity contribution is 4.84. The first-order valence-electron chi connectivity index (χ1n) is 6.41. The van der Waals surface area contributed by atoms with Gasteiger partial charge in [-0.3, -0.25) is 0 Å². The van der Waals surface area contributed by atoms with Crippen LogP contribution >= 0.6 is 0 Å². The van der Waals surface area contributed by atoms with Gasteiger partial charge >= 0.3 is 0 Å². The van der Waals surface area contributed by atoms with Crippen molar-refractivity contribution in [2.45, 2.75) is 63.1 Å². The molecular weight excluding hydrogens is 188 g/mol. The second-order valence-electron chi connectivity index (χ2n) is 5.36. The molecule has 0 aromatic rings. The zero-order chi connectivity index (χ0) is 10.7. The Morgan fingerprint density at radius 2 is 2.00 bits per heavy atom. The van der Waals surface area contributed by atoms with Gasteiger partial charge in [0.15, 0.2) is 0 Å². The first-order valence-corrected chi connectivity index (χ1v) is 6.41. The van der Waals surface area contributed by atoms with Crippen molar-refractivity contribution in [2.75, 3.05) is 6.54 Å². The first-order chi connectivity index (χ1) is 7.24. The third kappa shape index (κ3) is 3.44. The Bertz CT molecular complexity index is 198. The van der Waals surface area contributed by atoms with E-state index in [2.05, 4.69) is 5.32 Å². The molecule has 4 unspecified atom stereocenters. The minimum absolute atomic E-state index is 0.0450. The summed E-state index contributed by atoms with van der Waals surface area (Å²) in [5, 5.41) is 13.2. The van der Waals surface area contributed by atoms with Crippen molar-refractivity contribution in [3.8, 4) is 0 Å². The molecule has 0 aromatic heterocycles. The Balaban J connectivity index is 1.64. The van der Waals surface area contributed by atoms with Gasteiger partial charge < -0.3 is 16.2 Å². The number of nitrogens with one attached hydrogen (secondary N) is 1. The molecule has 3 heteroatoms. The van der Waals surface area contributed by atoms with Crippen LogP contribution in [0.3, 0.4) is 0 Å². The molecule has 0 saturated heterocycles. The smallest absolute Gasteiger partial charge is 0.0543 e. The summed E-state index contributed by atoms with van der Waals surface area (Å²) in [5.74, 6) is 0.686. The summed E-state index contributed by atoms with van der Waals surface area (Å²) in [6, 6.07) is 1.05. The maximum atomic E-state index is 9.57. The highest BCUT2D eigenvalue weighted by Crippen LogP contribution is 2.24. The lowest BCUT2D eigenvalue weighted by Crippen LogP contribution is -2.35. The molecule has 2 rings (SSSR count). The van der Waals surface area contributed by atoms with E-state index in [9.17, 15) is 5.11 Å². The zero-order valence-corrected chi connectivity index (χ0v) is 9.49. The molecule has 0 spiro atoms. The molecular formula is C12H24N2O. The van der Waals surface area contributed by atoms with Crippen molar-refractivity contribution in [1.82, 2.24) is 5.32 Å². The monoisotopic (exact) mass is 212 g/mol. The van der Waals surface area contributed by atoms with Crippen molar-refractivity contribution in [2.24, 2.45) is 11.7 Å². The van der Waals surface area contributed by atoms with Crippen LogP contribution in [-0.2, 0) is 0 Å². The largest absolute Gasteiger partial charge is 0.393 e. The summed E-state index contributed by atoms with van der Waals surface area (Å²) in [7, 11) is 0. The van der Waals surface area contributed by atoms with E-state index in [0.717, 1.165) is 25.8 Å². The van der Waals surface area contributed by atoms with Crippen LogP contribution in [0.1, 0.15) is 44.9 Å². The van der Waals surface area contributed by atoms with Gasteiger partial charge in [0.05, 0.1) is 6.10 Å². The normalized spacial score (nSPS) is 42.0. The second-order valence-corrected chi connectivity index (χ2v) is 5.36. The Labute approximate surface area is 92.4 Å². The molecule has 3 nitrogen and oxygen atoms in total. The van der Waals surface area contributed by atoms with Crippen LogP contribution in [0.5, 0.6) is 0 Å². The third-order valence-corrected chi connectivity index (χ3v) is 3.92. The average Bonchev–Trinajstić information content (AvgIpc) is 2.62. The fraction of sp³-hybridized carbons (Fsp3) is 1.00. The number of aliphatic hydroxyl groups excluding tert-OH is 1. The maximum Gasteiger partial charge on any atom is 0.0543 e. The fourth-order valence-electron chi connectivity index (χ4n) is 2.98. The Morgan fingerprint density at radius 3 is 2.67 bits per heavy atom. The van der Waals surface area contributed by atoms with Gasteiger partial charge in [0.25, 0.3) is 0 Å². The van der Waals surface area contributed by atoms with Crippen molar-refractivity contribution >= 4 is 0 Å². The van der Waals surface area contributed by atoms with E-state index in [1.165, 1.54) is 25.7 Å². The zero-order valence-electron chi connectivity index (χ0n) is 9.49. The Kier molecular flexibility index (Phi) is 4.00. The van der Waals surface area contributed by atoms with E-state index in [1.54, 1.807) is 0 Å². The van der Waals surface area contributed by atoms with Gasteiger partial charge in [-0.05, 0) is 51.0 Å². The highest BCUT2D eigenvalue weighted by atomic mass is 16.3. The van der Waals surface area contributed by atoms with E-state index >= 15 is 0 Å². The van der Waals surface area contributed by atoms with Crippen molar-refractivity contribution in [3.63, 3.8) is 0 Å². The molecule has 0 heterocycles. The molecule has 0 aromatic carbocycles. The predicted octanol–water partition coefficient (Wildman–Crippen LogP) is 1.01. The minimum Gasteiger partial charge on any atom is -0.393 e. The molecule has 0 bridgehead atoms. The number of aliphatic hydroxyl groups is 1. The molecule has 88 valence electrons. The van der Waals surface area contributed by atoms with Gasteiger partial charge in [-0.1, -0.05) is 6.42 Å². The van der Waals surface area contributed by atoms with Gasteiger partial charge in [-0.15, -0.1) is 0 Å². The quantitative estimate of drug-likeness (QED) is 0.654. The Morgan fingerprint density at radius 1 is 1.13 bits per heavy atom. The number of hydrogen-bond acceptors (Lipinski definition) is 3. The lowest BCUT2D eigenvalue weighted by atomic mass is 9.87. The third-order valence-electron chi connectivity index (χ3n) is 3.92. The molecule has 2 fully saturated rings. The topological polar surface area (TPSA) is 58.3 Å². The molecule has 0 amide bonds. The van der Waals surface area contributed by atoms with E-state index in [-0.39, 0.29) is 6.10 Å². The molecule has 0 aliphatic heterocycles. The highest BCUT2D eigenvalue weighted by Gasteiger charge is 2.24. The summed E-state index contributed by atoms with van der Waals surface area (Å²) in [4.78, 5) is 0. The van der Waals surface area contributed by atoms with E-state index in [0.29, 0.717) is 18.0 Å². The van der Waals surface area contributed by atoms with E-state index < -0.39 is 0 Å². The van der Waals surface area contributed by atoms with Crippen molar-refractivity contribution in [3.05, 3.63) is 0 Å². The van der Waals surface area contributed by atoms with E-state index in [1.807, 2.05) is 0 Å². The summed E-state index contributed by atoms with van der Waals surface area (Å²) < 4.78 is 0. The van der Waals surface area contributed by atoms with Crippen LogP contribution in [-0.4, -0.2) is 29.8 Å². The molecule has 2 aliphatic carbocycles. The van der Waals surface area contributed by atoms with Gasteiger partial charge in [0.2, 0.25) is 0 Å². The van der Waals surface area contributed by atoms with Crippen molar-refractivity contribution in [1.29, 1.82) is 0 Å². The number of hydrogen-bond donors (Lipinski definition) is 3. The minimum atomic E-state index is -0.0450. The summed E-state index contributed by atoms with van der Waals surface area (Å²) in [5.41, 5.74) is 5.88. The molecule has 2 aliphatic rings. The Hall–Kier alpha value is -0.120. The number of nitrogens with two attached hydrogens (primary N) is 1. The lowest BCUT2D eigenvalue weighted by Gasteiger charge is -2.27. The van der Waals surface area contributed by atoms with Crippen LogP contribution in [0.25, 0.3) is 0 Å². The van der Waals surface area contributed by atoms with E-state index in [4.69, 9.17) is 5.73 Å². The summed E-state index contributed by atoms with van der Waals surface area (Å²) >= 11 is 0. The fourth-order valence-corrected chi connectivity index (χ4v) is 2.98. The lowest BCUT2D eigenvalue weighted by molar-refractivity contribution is 0.0996. The summed E-state index contributed by atoms with van der Waals surface area (Å²) in [6.45, 7) is 1.08. The number of rotatable bonds is 3. The molecule has 4 atom stereocenters. The van der Waals surface area contributed by atoms with Crippen molar-refractivity contribution < 1.29 is 5.11 Å². The summed E-state index contributed by atoms with van der Waals surface area (Å²) in [6.07, 6.45) is 7.96.